The van der Waals surface area contributed by atoms with E-state index in [1.807, 2.05) is 12.1 Å². The lowest BCUT2D eigenvalue weighted by Gasteiger charge is -2.03. The standard InChI is InChI=1S/C10H10IN3OS/c11-7-1-3-8(4-2-7)12-6-5-9-13-14-10(16)15-9/h1-4,12H,5-6H2,(H,14,16). The van der Waals surface area contributed by atoms with Crippen LogP contribution < -0.4 is 5.32 Å². The van der Waals surface area contributed by atoms with E-state index >= 15 is 0 Å². The van der Waals surface area contributed by atoms with Crippen molar-refractivity contribution in [3.63, 3.8) is 0 Å². The Labute approximate surface area is 112 Å². The lowest BCUT2D eigenvalue weighted by Crippen LogP contribution is -2.04. The lowest BCUT2D eigenvalue weighted by molar-refractivity contribution is 0.484. The van der Waals surface area contributed by atoms with Gasteiger partial charge in [0.05, 0.1) is 0 Å². The highest BCUT2D eigenvalue weighted by atomic mass is 127. The summed E-state index contributed by atoms with van der Waals surface area (Å²) in [6, 6.07) is 8.20. The minimum Gasteiger partial charge on any atom is -0.414 e. The van der Waals surface area contributed by atoms with Crippen LogP contribution in [0.5, 0.6) is 0 Å². The first-order valence-corrected chi connectivity index (χ1v) is 6.26. The molecule has 0 spiro atoms. The van der Waals surface area contributed by atoms with E-state index in [9.17, 15) is 0 Å². The molecule has 0 aliphatic carbocycles. The Hall–Kier alpha value is -0.890. The van der Waals surface area contributed by atoms with Gasteiger partial charge in [0.15, 0.2) is 0 Å². The van der Waals surface area contributed by atoms with E-state index in [1.54, 1.807) is 0 Å². The first kappa shape index (κ1) is 11.6. The van der Waals surface area contributed by atoms with Gasteiger partial charge in [-0.2, -0.15) is 0 Å². The Morgan fingerprint density at radius 1 is 1.38 bits per heavy atom. The van der Waals surface area contributed by atoms with Gasteiger partial charge in [-0.15, -0.1) is 5.10 Å². The van der Waals surface area contributed by atoms with Crippen LogP contribution in [0.2, 0.25) is 0 Å². The van der Waals surface area contributed by atoms with E-state index in [0.717, 1.165) is 12.2 Å². The van der Waals surface area contributed by atoms with Crippen molar-refractivity contribution in [1.82, 2.24) is 10.2 Å². The molecule has 1 aromatic heterocycles. The molecule has 1 aromatic carbocycles. The van der Waals surface area contributed by atoms with Crippen LogP contribution in [-0.2, 0) is 6.42 Å². The second kappa shape index (κ2) is 5.44. The maximum atomic E-state index is 5.15. The van der Waals surface area contributed by atoms with Gasteiger partial charge in [0.2, 0.25) is 5.89 Å². The van der Waals surface area contributed by atoms with Crippen LogP contribution in [0, 0.1) is 8.41 Å². The van der Waals surface area contributed by atoms with Crippen LogP contribution in [0.25, 0.3) is 0 Å². The van der Waals surface area contributed by atoms with Crippen molar-refractivity contribution in [2.24, 2.45) is 0 Å². The third-order valence-corrected chi connectivity index (χ3v) is 2.89. The molecule has 0 saturated heterocycles. The van der Waals surface area contributed by atoms with Gasteiger partial charge < -0.3 is 9.73 Å². The highest BCUT2D eigenvalue weighted by Gasteiger charge is 1.99. The summed E-state index contributed by atoms with van der Waals surface area (Å²) in [5.74, 6) is 0.628. The van der Waals surface area contributed by atoms with E-state index in [1.165, 1.54) is 3.57 Å². The second-order valence-corrected chi connectivity index (χ2v) is 4.81. The average Bonchev–Trinajstić information content (AvgIpc) is 2.67. The van der Waals surface area contributed by atoms with Gasteiger partial charge in [-0.25, -0.2) is 5.10 Å². The summed E-state index contributed by atoms with van der Waals surface area (Å²) >= 11 is 7.06. The van der Waals surface area contributed by atoms with Gasteiger partial charge in [0.25, 0.3) is 4.84 Å². The fourth-order valence-corrected chi connectivity index (χ4v) is 1.75. The normalized spacial score (nSPS) is 10.3. The molecule has 0 atom stereocenters. The van der Waals surface area contributed by atoms with Crippen molar-refractivity contribution in [3.8, 4) is 0 Å². The van der Waals surface area contributed by atoms with E-state index in [4.69, 9.17) is 16.6 Å². The number of H-pyrrole nitrogens is 1. The van der Waals surface area contributed by atoms with Crippen LogP contribution in [0.4, 0.5) is 5.69 Å². The molecule has 0 amide bonds. The van der Waals surface area contributed by atoms with Gasteiger partial charge in [-0.05, 0) is 59.1 Å². The summed E-state index contributed by atoms with van der Waals surface area (Å²) in [6.07, 6.45) is 0.707. The van der Waals surface area contributed by atoms with Crippen molar-refractivity contribution in [2.45, 2.75) is 6.42 Å². The number of halogens is 1. The number of rotatable bonds is 4. The third kappa shape index (κ3) is 3.31. The Morgan fingerprint density at radius 3 is 2.75 bits per heavy atom. The molecule has 0 bridgehead atoms. The van der Waals surface area contributed by atoms with E-state index < -0.39 is 0 Å². The topological polar surface area (TPSA) is 53.9 Å². The molecular formula is C10H10IN3OS. The largest absolute Gasteiger partial charge is 0.414 e. The summed E-state index contributed by atoms with van der Waals surface area (Å²) < 4.78 is 6.37. The monoisotopic (exact) mass is 347 g/mol. The van der Waals surface area contributed by atoms with E-state index in [0.29, 0.717) is 17.1 Å². The molecule has 0 aliphatic rings. The number of hydrogen-bond acceptors (Lipinski definition) is 4. The second-order valence-electron chi connectivity index (χ2n) is 3.19. The zero-order valence-corrected chi connectivity index (χ0v) is 11.3. The number of hydrogen-bond donors (Lipinski definition) is 2. The van der Waals surface area contributed by atoms with Crippen molar-refractivity contribution < 1.29 is 4.42 Å². The highest BCUT2D eigenvalue weighted by molar-refractivity contribution is 14.1. The van der Waals surface area contributed by atoms with Gasteiger partial charge >= 0.3 is 0 Å². The molecule has 0 radical (unpaired) electrons. The van der Waals surface area contributed by atoms with Gasteiger partial charge in [-0.1, -0.05) is 0 Å². The molecule has 6 heteroatoms. The summed E-state index contributed by atoms with van der Waals surface area (Å²) in [7, 11) is 0. The van der Waals surface area contributed by atoms with Crippen LogP contribution in [-0.4, -0.2) is 16.7 Å². The first-order valence-electron chi connectivity index (χ1n) is 4.78. The molecule has 2 N–H and O–H groups in total. The molecule has 0 saturated carbocycles. The Balaban J connectivity index is 1.84. The fourth-order valence-electron chi connectivity index (χ4n) is 1.25. The van der Waals surface area contributed by atoms with Crippen molar-refractivity contribution in [3.05, 3.63) is 38.6 Å². The number of nitrogens with zero attached hydrogens (tertiary/aromatic N) is 1. The lowest BCUT2D eigenvalue weighted by atomic mass is 10.3. The molecule has 4 nitrogen and oxygen atoms in total. The molecule has 0 aliphatic heterocycles. The maximum absolute atomic E-state index is 5.15. The SMILES string of the molecule is S=c1[nH]nc(CCNc2ccc(I)cc2)o1. The van der Waals surface area contributed by atoms with Crippen molar-refractivity contribution in [2.75, 3.05) is 11.9 Å². The van der Waals surface area contributed by atoms with Crippen LogP contribution in [0.1, 0.15) is 5.89 Å². The molecule has 0 fully saturated rings. The first-order chi connectivity index (χ1) is 7.74. The smallest absolute Gasteiger partial charge is 0.284 e. The van der Waals surface area contributed by atoms with E-state index in [2.05, 4.69) is 50.2 Å². The zero-order valence-electron chi connectivity index (χ0n) is 8.37. The molecule has 0 unspecified atom stereocenters. The number of anilines is 1. The molecule has 84 valence electrons. The highest BCUT2D eigenvalue weighted by Crippen LogP contribution is 2.10. The minimum absolute atomic E-state index is 0.323. The molecule has 16 heavy (non-hydrogen) atoms. The minimum atomic E-state index is 0.323. The van der Waals surface area contributed by atoms with Crippen LogP contribution in [0.15, 0.2) is 28.7 Å². The molecule has 1 heterocycles. The number of aromatic nitrogens is 2. The predicted molar refractivity (Wildman–Crippen MR) is 73.0 cm³/mol. The number of benzene rings is 1. The molecule has 2 rings (SSSR count). The summed E-state index contributed by atoms with van der Waals surface area (Å²) in [6.45, 7) is 0.768. The maximum Gasteiger partial charge on any atom is 0.284 e. The van der Waals surface area contributed by atoms with E-state index in [-0.39, 0.29) is 0 Å². The average molecular weight is 347 g/mol. The summed E-state index contributed by atoms with van der Waals surface area (Å²) in [5.41, 5.74) is 1.09. The van der Waals surface area contributed by atoms with Crippen LogP contribution in [0.3, 0.4) is 0 Å². The Bertz CT molecular complexity index is 505. The van der Waals surface area contributed by atoms with Gasteiger partial charge in [0.1, 0.15) is 0 Å². The number of aromatic amines is 1. The predicted octanol–water partition coefficient (Wildman–Crippen LogP) is 2.99. The Morgan fingerprint density at radius 2 is 2.12 bits per heavy atom. The van der Waals surface area contributed by atoms with Crippen molar-refractivity contribution in [1.29, 1.82) is 0 Å². The third-order valence-electron chi connectivity index (χ3n) is 1.99. The quantitative estimate of drug-likeness (QED) is 0.660. The zero-order chi connectivity index (χ0) is 11.4. The van der Waals surface area contributed by atoms with Gasteiger partial charge in [-0.3, -0.25) is 0 Å². The summed E-state index contributed by atoms with van der Waals surface area (Å²) in [5, 5.41) is 9.80. The number of nitrogens with one attached hydrogen (secondary N) is 2. The van der Waals surface area contributed by atoms with Crippen LogP contribution >= 0.6 is 34.8 Å². The van der Waals surface area contributed by atoms with Gasteiger partial charge in [0, 0.05) is 22.2 Å². The summed E-state index contributed by atoms with van der Waals surface area (Å²) in [4.78, 5) is 0.323. The fraction of sp³-hybridized carbons (Fsp3) is 0.200. The molecular weight excluding hydrogens is 337 g/mol. The molecule has 2 aromatic rings. The Kier molecular flexibility index (Phi) is 3.94. The van der Waals surface area contributed by atoms with Crippen molar-refractivity contribution >= 4 is 40.5 Å².